The highest BCUT2D eigenvalue weighted by atomic mass is 16.5. The summed E-state index contributed by atoms with van der Waals surface area (Å²) in [4.78, 5) is 26.9. The maximum absolute atomic E-state index is 12.1. The van der Waals surface area contributed by atoms with Crippen molar-refractivity contribution < 1.29 is 9.53 Å². The van der Waals surface area contributed by atoms with Crippen LogP contribution in [0.5, 0.6) is 5.75 Å². The minimum absolute atomic E-state index is 0.214. The molecule has 2 N–H and O–H groups in total. The van der Waals surface area contributed by atoms with Gasteiger partial charge in [0.25, 0.3) is 11.5 Å². The van der Waals surface area contributed by atoms with Gasteiger partial charge in [-0.3, -0.25) is 9.59 Å². The average Bonchev–Trinajstić information content (AvgIpc) is 2.56. The van der Waals surface area contributed by atoms with Crippen LogP contribution in [0.2, 0.25) is 0 Å². The van der Waals surface area contributed by atoms with Gasteiger partial charge in [-0.2, -0.15) is 0 Å². The highest BCUT2D eigenvalue weighted by molar-refractivity contribution is 6.04. The molecule has 5 nitrogen and oxygen atoms in total. The number of carbonyl (C=O) groups excluding carboxylic acids is 1. The quantitative estimate of drug-likeness (QED) is 0.780. The van der Waals surface area contributed by atoms with Gasteiger partial charge in [0.05, 0.1) is 12.6 Å². The Hall–Kier alpha value is -3.08. The number of anilines is 1. The minimum Gasteiger partial charge on any atom is -0.497 e. The third-order valence-electron chi connectivity index (χ3n) is 3.34. The summed E-state index contributed by atoms with van der Waals surface area (Å²) in [6, 6.07) is 15.7. The van der Waals surface area contributed by atoms with Gasteiger partial charge in [-0.05, 0) is 30.3 Å². The highest BCUT2D eigenvalue weighted by Crippen LogP contribution is 2.19. The van der Waals surface area contributed by atoms with Gasteiger partial charge in [0.1, 0.15) is 11.4 Å². The Balaban J connectivity index is 1.96. The van der Waals surface area contributed by atoms with Gasteiger partial charge in [0.15, 0.2) is 0 Å². The second-order valence-electron chi connectivity index (χ2n) is 4.79. The normalized spacial score (nSPS) is 10.4. The van der Waals surface area contributed by atoms with E-state index in [1.807, 2.05) is 12.1 Å². The molecule has 110 valence electrons. The summed E-state index contributed by atoms with van der Waals surface area (Å²) >= 11 is 0. The molecule has 1 heterocycles. The van der Waals surface area contributed by atoms with Crippen LogP contribution in [0.3, 0.4) is 0 Å². The van der Waals surface area contributed by atoms with Crippen LogP contribution in [0.1, 0.15) is 10.4 Å². The van der Waals surface area contributed by atoms with Gasteiger partial charge >= 0.3 is 0 Å². The first-order valence-corrected chi connectivity index (χ1v) is 6.75. The van der Waals surface area contributed by atoms with E-state index >= 15 is 0 Å². The lowest BCUT2D eigenvalue weighted by Gasteiger charge is -2.07. The number of pyridine rings is 1. The van der Waals surface area contributed by atoms with Crippen LogP contribution in [-0.4, -0.2) is 18.0 Å². The molecule has 0 saturated carbocycles. The molecule has 0 atom stereocenters. The van der Waals surface area contributed by atoms with Crippen LogP contribution in [0.4, 0.5) is 5.69 Å². The zero-order valence-electron chi connectivity index (χ0n) is 11.9. The molecule has 1 aromatic heterocycles. The summed E-state index contributed by atoms with van der Waals surface area (Å²) in [7, 11) is 1.56. The molecule has 3 aromatic rings. The Kier molecular flexibility index (Phi) is 3.62. The third kappa shape index (κ3) is 2.69. The number of hydrogen-bond donors (Lipinski definition) is 2. The first-order chi connectivity index (χ1) is 10.7. The first-order valence-electron chi connectivity index (χ1n) is 6.75. The predicted octanol–water partition coefficient (Wildman–Crippen LogP) is 2.79. The van der Waals surface area contributed by atoms with Crippen LogP contribution in [0.25, 0.3) is 10.9 Å². The molecule has 0 aliphatic carbocycles. The van der Waals surface area contributed by atoms with Crippen molar-refractivity contribution in [2.24, 2.45) is 0 Å². The summed E-state index contributed by atoms with van der Waals surface area (Å²) in [5.41, 5.74) is 1.01. The number of fused-ring (bicyclic) bond motifs is 1. The van der Waals surface area contributed by atoms with Crippen molar-refractivity contribution in [2.75, 3.05) is 12.4 Å². The zero-order chi connectivity index (χ0) is 15.5. The predicted molar refractivity (Wildman–Crippen MR) is 85.5 cm³/mol. The topological polar surface area (TPSA) is 71.2 Å². The zero-order valence-corrected chi connectivity index (χ0v) is 11.9. The Labute approximate surface area is 126 Å². The summed E-state index contributed by atoms with van der Waals surface area (Å²) in [6.45, 7) is 0. The van der Waals surface area contributed by atoms with Crippen molar-refractivity contribution in [1.29, 1.82) is 0 Å². The third-order valence-corrected chi connectivity index (χ3v) is 3.34. The number of H-pyrrole nitrogens is 1. The number of aromatic nitrogens is 1. The largest absolute Gasteiger partial charge is 0.497 e. The fraction of sp³-hybridized carbons (Fsp3) is 0.0588. The van der Waals surface area contributed by atoms with Crippen molar-refractivity contribution >= 4 is 22.5 Å². The lowest BCUT2D eigenvalue weighted by Crippen LogP contribution is -2.19. The van der Waals surface area contributed by atoms with E-state index in [0.29, 0.717) is 16.8 Å². The van der Waals surface area contributed by atoms with Gasteiger partial charge in [-0.15, -0.1) is 0 Å². The van der Waals surface area contributed by atoms with Crippen molar-refractivity contribution in [2.45, 2.75) is 0 Å². The van der Waals surface area contributed by atoms with Crippen molar-refractivity contribution in [3.05, 3.63) is 70.5 Å². The summed E-state index contributed by atoms with van der Waals surface area (Å²) < 4.78 is 5.12. The monoisotopic (exact) mass is 294 g/mol. The van der Waals surface area contributed by atoms with Gasteiger partial charge in [0.2, 0.25) is 0 Å². The maximum Gasteiger partial charge on any atom is 0.272 e. The number of amides is 1. The van der Waals surface area contributed by atoms with Crippen LogP contribution >= 0.6 is 0 Å². The van der Waals surface area contributed by atoms with E-state index in [-0.39, 0.29) is 17.2 Å². The number of ether oxygens (including phenoxy) is 1. The number of nitrogens with one attached hydrogen (secondary N) is 2. The van der Waals surface area contributed by atoms with Crippen molar-refractivity contribution in [3.63, 3.8) is 0 Å². The molecular weight excluding hydrogens is 280 g/mol. The van der Waals surface area contributed by atoms with E-state index in [0.717, 1.165) is 5.39 Å². The fourth-order valence-electron chi connectivity index (χ4n) is 2.18. The van der Waals surface area contributed by atoms with E-state index in [1.165, 1.54) is 0 Å². The molecule has 0 aliphatic rings. The molecule has 2 aromatic carbocycles. The highest BCUT2D eigenvalue weighted by Gasteiger charge is 2.09. The smallest absolute Gasteiger partial charge is 0.272 e. The molecule has 0 aliphatic heterocycles. The Morgan fingerprint density at radius 3 is 2.59 bits per heavy atom. The molecule has 0 radical (unpaired) electrons. The van der Waals surface area contributed by atoms with E-state index in [9.17, 15) is 9.59 Å². The number of hydrogen-bond acceptors (Lipinski definition) is 3. The molecular formula is C17H14N2O3. The molecule has 1 amide bonds. The summed E-state index contributed by atoms with van der Waals surface area (Å²) in [5.74, 6) is 0.336. The van der Waals surface area contributed by atoms with Crippen molar-refractivity contribution in [3.8, 4) is 5.75 Å². The van der Waals surface area contributed by atoms with Crippen LogP contribution < -0.4 is 15.6 Å². The fourth-order valence-corrected chi connectivity index (χ4v) is 2.18. The Morgan fingerprint density at radius 1 is 1.09 bits per heavy atom. The van der Waals surface area contributed by atoms with Crippen molar-refractivity contribution in [1.82, 2.24) is 4.98 Å². The molecule has 0 spiro atoms. The van der Waals surface area contributed by atoms with Crippen LogP contribution in [0.15, 0.2) is 59.4 Å². The number of rotatable bonds is 3. The first kappa shape index (κ1) is 13.9. The minimum atomic E-state index is -0.356. The lowest BCUT2D eigenvalue weighted by molar-refractivity contribution is 0.102. The standard InChI is InChI=1S/C17H14N2O3/c1-22-13-8-7-12-9-15(17(21)18-14(12)10-13)19-16(20)11-5-3-2-4-6-11/h2-10H,1H3,(H,18,21)(H,19,20). The molecule has 22 heavy (non-hydrogen) atoms. The summed E-state index contributed by atoms with van der Waals surface area (Å²) in [6.07, 6.45) is 0. The molecule has 0 unspecified atom stereocenters. The van der Waals surface area contributed by atoms with Gasteiger partial charge < -0.3 is 15.0 Å². The van der Waals surface area contributed by atoms with Crippen LogP contribution in [-0.2, 0) is 0 Å². The lowest BCUT2D eigenvalue weighted by atomic mass is 10.2. The van der Waals surface area contributed by atoms with E-state index in [1.54, 1.807) is 49.6 Å². The van der Waals surface area contributed by atoms with Gasteiger partial charge in [0, 0.05) is 17.0 Å². The second kappa shape index (κ2) is 5.73. The SMILES string of the molecule is COc1ccc2cc(NC(=O)c3ccccc3)c(=O)[nH]c2c1. The Morgan fingerprint density at radius 2 is 1.86 bits per heavy atom. The maximum atomic E-state index is 12.1. The second-order valence-corrected chi connectivity index (χ2v) is 4.79. The number of methoxy groups -OCH3 is 1. The molecule has 0 saturated heterocycles. The molecule has 0 bridgehead atoms. The number of carbonyl (C=O) groups is 1. The summed E-state index contributed by atoms with van der Waals surface area (Å²) in [5, 5.41) is 3.44. The number of aromatic amines is 1. The number of benzene rings is 2. The van der Waals surface area contributed by atoms with E-state index in [4.69, 9.17) is 4.74 Å². The van der Waals surface area contributed by atoms with Gasteiger partial charge in [-0.1, -0.05) is 18.2 Å². The molecule has 3 rings (SSSR count). The molecule has 5 heteroatoms. The Bertz CT molecular complexity index is 885. The average molecular weight is 294 g/mol. The van der Waals surface area contributed by atoms with E-state index < -0.39 is 0 Å². The van der Waals surface area contributed by atoms with E-state index in [2.05, 4.69) is 10.3 Å². The van der Waals surface area contributed by atoms with Gasteiger partial charge in [-0.25, -0.2) is 0 Å². The molecule has 0 fully saturated rings. The van der Waals surface area contributed by atoms with Crippen LogP contribution in [0, 0.1) is 0 Å².